The Morgan fingerprint density at radius 1 is 0.806 bits per heavy atom. The molecule has 7 nitrogen and oxygen atoms in total. The van der Waals surface area contributed by atoms with Gasteiger partial charge in [0.2, 0.25) is 12.7 Å². The summed E-state index contributed by atoms with van der Waals surface area (Å²) in [5.74, 6) is -0.565. The number of nitrogens with zero attached hydrogens (tertiary/aromatic N) is 1. The molecule has 0 fully saturated rings. The first-order valence-electron chi connectivity index (χ1n) is 10.2. The smallest absolute Gasteiger partial charge is 0.316 e. The molecule has 7 heteroatoms. The van der Waals surface area contributed by atoms with Gasteiger partial charge in [0.15, 0.2) is 11.5 Å². The van der Waals surface area contributed by atoms with Crippen LogP contribution < -0.4 is 9.47 Å². The minimum absolute atomic E-state index is 0.0941. The van der Waals surface area contributed by atoms with Crippen molar-refractivity contribution in [1.82, 2.24) is 4.57 Å². The molecule has 0 aliphatic carbocycles. The average Bonchev–Trinajstić information content (AvgIpc) is 3.01. The molecule has 0 radical (unpaired) electrons. The van der Waals surface area contributed by atoms with E-state index in [4.69, 9.17) is 14.2 Å². The van der Waals surface area contributed by atoms with Crippen LogP contribution in [0.2, 0.25) is 0 Å². The summed E-state index contributed by atoms with van der Waals surface area (Å²) >= 11 is 0. The molecule has 0 saturated carbocycles. The molecule has 0 amide bonds. The molecular weight excluding hydrogens is 398 g/mol. The van der Waals surface area contributed by atoms with E-state index in [1.54, 1.807) is 65.9 Å². The Morgan fingerprint density at radius 2 is 1.39 bits per heavy atom. The van der Waals surface area contributed by atoms with Gasteiger partial charge in [0.25, 0.3) is 0 Å². The fourth-order valence-electron chi connectivity index (χ4n) is 2.49. The molecule has 0 bridgehead atoms. The molecule has 0 spiro atoms. The number of hydrogen-bond acceptors (Lipinski definition) is 6. The van der Waals surface area contributed by atoms with Crippen molar-refractivity contribution >= 4 is 28.7 Å². The van der Waals surface area contributed by atoms with Crippen LogP contribution in [0.1, 0.15) is 67.1 Å². The Balaban J connectivity index is 2.44. The third-order valence-electron chi connectivity index (χ3n) is 4.45. The number of ether oxygens (including phenoxy) is 3. The summed E-state index contributed by atoms with van der Waals surface area (Å²) in [5, 5.41) is 0.727. The highest BCUT2D eigenvalue weighted by Gasteiger charge is 2.28. The largest absolute Gasteiger partial charge is 0.453 e. The van der Waals surface area contributed by atoms with E-state index in [1.807, 2.05) is 20.8 Å². The summed E-state index contributed by atoms with van der Waals surface area (Å²) in [7, 11) is 0. The highest BCUT2D eigenvalue weighted by atomic mass is 16.7. The molecule has 1 heterocycles. The van der Waals surface area contributed by atoms with Crippen molar-refractivity contribution in [3.8, 4) is 11.5 Å². The van der Waals surface area contributed by atoms with Crippen molar-refractivity contribution < 1.29 is 28.6 Å². The molecule has 0 unspecified atom stereocenters. The molecule has 31 heavy (non-hydrogen) atoms. The predicted octanol–water partition coefficient (Wildman–Crippen LogP) is 5.20. The van der Waals surface area contributed by atoms with Gasteiger partial charge >= 0.3 is 11.9 Å². The van der Waals surface area contributed by atoms with Crippen LogP contribution in [0.4, 0.5) is 0 Å². The molecule has 2 aromatic rings. The zero-order valence-corrected chi connectivity index (χ0v) is 19.9. The Hall–Kier alpha value is -2.83. The van der Waals surface area contributed by atoms with Crippen molar-refractivity contribution in [3.63, 3.8) is 0 Å². The monoisotopic (exact) mass is 431 g/mol. The summed E-state index contributed by atoms with van der Waals surface area (Å²) < 4.78 is 18.0. The van der Waals surface area contributed by atoms with Gasteiger partial charge in [0.1, 0.15) is 0 Å². The van der Waals surface area contributed by atoms with Gasteiger partial charge < -0.3 is 14.2 Å². The topological polar surface area (TPSA) is 83.8 Å². The van der Waals surface area contributed by atoms with E-state index in [1.165, 1.54) is 4.57 Å². The Labute approximate surface area is 183 Å². The zero-order valence-electron chi connectivity index (χ0n) is 19.9. The molecule has 170 valence electrons. The fourth-order valence-corrected chi connectivity index (χ4v) is 2.49. The molecule has 0 aliphatic heterocycles. The number of fused-ring (bicyclic) bond motifs is 1. The fraction of sp³-hybridized carbons (Fsp3) is 0.542. The summed E-state index contributed by atoms with van der Waals surface area (Å²) in [6.45, 7) is 15.6. The molecule has 0 atom stereocenters. The lowest BCUT2D eigenvalue weighted by Gasteiger charge is -2.21. The Morgan fingerprint density at radius 3 is 1.90 bits per heavy atom. The van der Waals surface area contributed by atoms with E-state index in [-0.39, 0.29) is 24.2 Å². The van der Waals surface area contributed by atoms with Gasteiger partial charge in [-0.15, -0.1) is 0 Å². The van der Waals surface area contributed by atoms with Crippen molar-refractivity contribution in [2.45, 2.75) is 62.3 Å². The van der Waals surface area contributed by atoms with Crippen LogP contribution in [0.3, 0.4) is 0 Å². The summed E-state index contributed by atoms with van der Waals surface area (Å²) in [5.41, 5.74) is -1.41. The number of benzene rings is 1. The minimum atomic E-state index is -0.742. The third-order valence-corrected chi connectivity index (χ3v) is 4.45. The predicted molar refractivity (Wildman–Crippen MR) is 118 cm³/mol. The first-order chi connectivity index (χ1) is 14.0. The lowest BCUT2D eigenvalue weighted by atomic mass is 9.95. The van der Waals surface area contributed by atoms with Crippen LogP contribution in [0.5, 0.6) is 11.5 Å². The first kappa shape index (κ1) is 24.4. The first-order valence-corrected chi connectivity index (χ1v) is 10.2. The number of esters is 2. The molecule has 1 aromatic carbocycles. The standard InChI is InChI=1S/C24H33NO6/c1-22(2,3)19(26)25-11-10-15-12-17(29-14-30-20(27)23(4,5)6)18(13-16(15)25)31-21(28)24(7,8)9/h10-13H,14H2,1-9H3. The van der Waals surface area contributed by atoms with Gasteiger partial charge in [-0.1, -0.05) is 20.8 Å². The molecular formula is C24H33NO6. The van der Waals surface area contributed by atoms with Gasteiger partial charge in [-0.3, -0.25) is 19.0 Å². The van der Waals surface area contributed by atoms with Crippen LogP contribution in [-0.4, -0.2) is 29.2 Å². The summed E-state index contributed by atoms with van der Waals surface area (Å²) in [6.07, 6.45) is 1.68. The summed E-state index contributed by atoms with van der Waals surface area (Å²) in [6, 6.07) is 5.05. The highest BCUT2D eigenvalue weighted by Crippen LogP contribution is 2.35. The van der Waals surface area contributed by atoms with Crippen LogP contribution >= 0.6 is 0 Å². The average molecular weight is 432 g/mol. The van der Waals surface area contributed by atoms with Gasteiger partial charge in [0, 0.05) is 23.1 Å². The molecule has 1 aromatic heterocycles. The number of aromatic nitrogens is 1. The molecule has 0 aliphatic rings. The van der Waals surface area contributed by atoms with E-state index < -0.39 is 28.2 Å². The van der Waals surface area contributed by atoms with Gasteiger partial charge in [-0.25, -0.2) is 0 Å². The molecule has 0 saturated heterocycles. The van der Waals surface area contributed by atoms with Crippen LogP contribution in [0.15, 0.2) is 24.4 Å². The number of rotatable bonds is 4. The van der Waals surface area contributed by atoms with E-state index in [0.717, 1.165) is 5.39 Å². The number of hydrogen-bond donors (Lipinski definition) is 0. The SMILES string of the molecule is CC(C)(C)C(=O)OCOc1cc2ccn(C(=O)C(C)(C)C)c2cc1OC(=O)C(C)(C)C. The number of carbonyl (C=O) groups excluding carboxylic acids is 3. The minimum Gasteiger partial charge on any atom is -0.453 e. The Bertz CT molecular complexity index is 996. The number of carbonyl (C=O) groups is 3. The maximum Gasteiger partial charge on any atom is 0.316 e. The van der Waals surface area contributed by atoms with Crippen LogP contribution in [0, 0.1) is 16.2 Å². The van der Waals surface area contributed by atoms with E-state index in [0.29, 0.717) is 5.52 Å². The van der Waals surface area contributed by atoms with Crippen molar-refractivity contribution in [2.24, 2.45) is 16.2 Å². The van der Waals surface area contributed by atoms with Gasteiger partial charge in [0.05, 0.1) is 16.3 Å². The van der Waals surface area contributed by atoms with Gasteiger partial charge in [-0.2, -0.15) is 0 Å². The normalized spacial score (nSPS) is 12.5. The maximum atomic E-state index is 12.8. The van der Waals surface area contributed by atoms with Gasteiger partial charge in [-0.05, 0) is 53.7 Å². The third kappa shape index (κ3) is 5.87. The van der Waals surface area contributed by atoms with Crippen molar-refractivity contribution in [3.05, 3.63) is 24.4 Å². The van der Waals surface area contributed by atoms with E-state index >= 15 is 0 Å². The second kappa shape index (κ2) is 8.36. The quantitative estimate of drug-likeness (QED) is 0.376. The zero-order chi connectivity index (χ0) is 23.8. The Kier molecular flexibility index (Phi) is 6.59. The second-order valence-corrected chi connectivity index (χ2v) is 10.7. The highest BCUT2D eigenvalue weighted by molar-refractivity contribution is 5.96. The lowest BCUT2D eigenvalue weighted by Crippen LogP contribution is -2.27. The van der Waals surface area contributed by atoms with Crippen molar-refractivity contribution in [2.75, 3.05) is 6.79 Å². The second-order valence-electron chi connectivity index (χ2n) is 10.7. The maximum absolute atomic E-state index is 12.8. The summed E-state index contributed by atoms with van der Waals surface area (Å²) in [4.78, 5) is 37.3. The van der Waals surface area contributed by atoms with E-state index in [9.17, 15) is 14.4 Å². The molecule has 0 N–H and O–H groups in total. The van der Waals surface area contributed by atoms with Crippen LogP contribution in [0.25, 0.3) is 10.9 Å². The van der Waals surface area contributed by atoms with E-state index in [2.05, 4.69) is 0 Å². The van der Waals surface area contributed by atoms with Crippen LogP contribution in [-0.2, 0) is 14.3 Å². The van der Waals surface area contributed by atoms with Crippen molar-refractivity contribution in [1.29, 1.82) is 0 Å². The molecule has 2 rings (SSSR count). The lowest BCUT2D eigenvalue weighted by molar-refractivity contribution is -0.160.